The number of hydrogen-bond acceptors (Lipinski definition) is 3. The van der Waals surface area contributed by atoms with Gasteiger partial charge >= 0.3 is 11.9 Å². The number of rotatable bonds is 14. The minimum Gasteiger partial charge on any atom is -0.390 e. The van der Waals surface area contributed by atoms with Crippen LogP contribution < -0.4 is 0 Å². The molecule has 0 aliphatic heterocycles. The van der Waals surface area contributed by atoms with Crippen LogP contribution in [0.5, 0.6) is 0 Å². The smallest absolute Gasteiger partial charge is 0.337 e. The van der Waals surface area contributed by atoms with Crippen molar-refractivity contribution in [3.8, 4) is 11.8 Å². The quantitative estimate of drug-likeness (QED) is 0.134. The van der Waals surface area contributed by atoms with Gasteiger partial charge in [0.2, 0.25) is 0 Å². The van der Waals surface area contributed by atoms with E-state index in [4.69, 9.17) is 0 Å². The molecule has 0 aliphatic rings. The van der Waals surface area contributed by atoms with Crippen LogP contribution in [0.3, 0.4) is 0 Å². The number of hydrogen-bond donors (Lipinski definition) is 0. The van der Waals surface area contributed by atoms with Crippen LogP contribution in [0, 0.1) is 11.8 Å². The lowest BCUT2D eigenvalue weighted by atomic mass is 10.1. The molecule has 0 heterocycles. The van der Waals surface area contributed by atoms with E-state index >= 15 is 0 Å². The van der Waals surface area contributed by atoms with Gasteiger partial charge in [-0.3, -0.25) is 4.79 Å². The van der Waals surface area contributed by atoms with E-state index in [0.717, 1.165) is 51.0 Å². The fraction of sp³-hybridized carbons (Fsp3) is 0.714. The van der Waals surface area contributed by atoms with Crippen molar-refractivity contribution in [3.05, 3.63) is 12.7 Å². The first-order chi connectivity index (χ1) is 11.7. The third-order valence-electron chi connectivity index (χ3n) is 3.84. The lowest BCUT2D eigenvalue weighted by Crippen LogP contribution is -2.09. The van der Waals surface area contributed by atoms with E-state index in [2.05, 4.69) is 30.1 Å². The van der Waals surface area contributed by atoms with Gasteiger partial charge in [-0.1, -0.05) is 64.9 Å². The van der Waals surface area contributed by atoms with E-state index in [1.165, 1.54) is 38.5 Å². The predicted octanol–water partition coefficient (Wildman–Crippen LogP) is 5.73. The number of carbonyl (C=O) groups is 2. The maximum absolute atomic E-state index is 11.2. The van der Waals surface area contributed by atoms with Crippen molar-refractivity contribution in [3.63, 3.8) is 0 Å². The second-order valence-electron chi connectivity index (χ2n) is 6.14. The van der Waals surface area contributed by atoms with Gasteiger partial charge in [0.25, 0.3) is 0 Å². The SMILES string of the molecule is C=CC(=O)OC(=O)CCCCCCCC#CCCCCCCCC. The molecule has 0 bridgehead atoms. The zero-order valence-electron chi connectivity index (χ0n) is 15.4. The summed E-state index contributed by atoms with van der Waals surface area (Å²) in [5.74, 6) is 5.39. The molecule has 0 N–H and O–H groups in total. The molecule has 0 spiro atoms. The van der Waals surface area contributed by atoms with Crippen LogP contribution in [0.15, 0.2) is 12.7 Å². The Morgan fingerprint density at radius 3 is 1.88 bits per heavy atom. The van der Waals surface area contributed by atoms with Crippen molar-refractivity contribution in [1.29, 1.82) is 0 Å². The van der Waals surface area contributed by atoms with Gasteiger partial charge in [0, 0.05) is 25.3 Å². The molecule has 0 fully saturated rings. The Hall–Kier alpha value is -1.56. The summed E-state index contributed by atoms with van der Waals surface area (Å²) in [5, 5.41) is 0. The average molecular weight is 335 g/mol. The Balaban J connectivity index is 3.28. The summed E-state index contributed by atoms with van der Waals surface area (Å²) >= 11 is 0. The lowest BCUT2D eigenvalue weighted by Gasteiger charge is -2.00. The standard InChI is InChI=1S/C21H34O3/c1-3-5-6-7-8-9-10-11-12-13-14-15-16-17-18-19-21(23)24-20(22)4-2/h4H,2-3,5-10,13-19H2,1H3. The van der Waals surface area contributed by atoms with Gasteiger partial charge < -0.3 is 4.74 Å². The second-order valence-corrected chi connectivity index (χ2v) is 6.14. The molecular weight excluding hydrogens is 300 g/mol. The molecule has 0 aromatic carbocycles. The first-order valence-corrected chi connectivity index (χ1v) is 9.53. The monoisotopic (exact) mass is 334 g/mol. The van der Waals surface area contributed by atoms with E-state index in [1.54, 1.807) is 0 Å². The highest BCUT2D eigenvalue weighted by molar-refractivity contribution is 5.91. The Labute approximate surface area is 148 Å². The number of unbranched alkanes of at least 4 members (excludes halogenated alkanes) is 11. The van der Waals surface area contributed by atoms with Gasteiger partial charge in [0.05, 0.1) is 0 Å². The van der Waals surface area contributed by atoms with Gasteiger partial charge in [-0.15, -0.1) is 11.8 Å². The van der Waals surface area contributed by atoms with E-state index < -0.39 is 11.9 Å². The highest BCUT2D eigenvalue weighted by Gasteiger charge is 2.06. The summed E-state index contributed by atoms with van der Waals surface area (Å²) in [4.78, 5) is 22.0. The third kappa shape index (κ3) is 16.8. The average Bonchev–Trinajstić information content (AvgIpc) is 2.58. The van der Waals surface area contributed by atoms with Gasteiger partial charge in [0.1, 0.15) is 0 Å². The zero-order valence-corrected chi connectivity index (χ0v) is 15.4. The molecule has 0 aromatic heterocycles. The summed E-state index contributed by atoms with van der Waals surface area (Å²) < 4.78 is 4.50. The van der Waals surface area contributed by atoms with Crippen LogP contribution >= 0.6 is 0 Å². The summed E-state index contributed by atoms with van der Waals surface area (Å²) in [6, 6.07) is 0. The van der Waals surface area contributed by atoms with Crippen molar-refractivity contribution < 1.29 is 14.3 Å². The largest absolute Gasteiger partial charge is 0.390 e. The van der Waals surface area contributed by atoms with Crippen molar-refractivity contribution in [2.75, 3.05) is 0 Å². The van der Waals surface area contributed by atoms with E-state index in [9.17, 15) is 9.59 Å². The summed E-state index contributed by atoms with van der Waals surface area (Å²) in [6.45, 7) is 5.49. The summed E-state index contributed by atoms with van der Waals surface area (Å²) in [6.07, 6.45) is 16.4. The van der Waals surface area contributed by atoms with Gasteiger partial charge in [0.15, 0.2) is 0 Å². The molecule has 3 nitrogen and oxygen atoms in total. The molecule has 0 radical (unpaired) electrons. The van der Waals surface area contributed by atoms with Gasteiger partial charge in [-0.05, 0) is 19.3 Å². The van der Waals surface area contributed by atoms with Crippen LogP contribution in [0.1, 0.15) is 96.8 Å². The Bertz CT molecular complexity index is 401. The molecule has 0 saturated carbocycles. The molecule has 0 aliphatic carbocycles. The maximum atomic E-state index is 11.2. The fourth-order valence-electron chi connectivity index (χ4n) is 2.39. The maximum Gasteiger partial charge on any atom is 0.337 e. The second kappa shape index (κ2) is 17.8. The van der Waals surface area contributed by atoms with E-state index in [0.29, 0.717) is 6.42 Å². The zero-order chi connectivity index (χ0) is 17.9. The molecule has 0 rings (SSSR count). The molecule has 0 amide bonds. The molecule has 3 heteroatoms. The topological polar surface area (TPSA) is 43.4 Å². The fourth-order valence-corrected chi connectivity index (χ4v) is 2.39. The normalized spacial score (nSPS) is 9.88. The molecule has 24 heavy (non-hydrogen) atoms. The first-order valence-electron chi connectivity index (χ1n) is 9.53. The number of carbonyl (C=O) groups excluding carboxylic acids is 2. The van der Waals surface area contributed by atoms with Crippen LogP contribution in [-0.4, -0.2) is 11.9 Å². The summed E-state index contributed by atoms with van der Waals surface area (Å²) in [7, 11) is 0. The summed E-state index contributed by atoms with van der Waals surface area (Å²) in [5.41, 5.74) is 0. The third-order valence-corrected chi connectivity index (χ3v) is 3.84. The lowest BCUT2D eigenvalue weighted by molar-refractivity contribution is -0.156. The van der Waals surface area contributed by atoms with Crippen molar-refractivity contribution in [2.45, 2.75) is 96.8 Å². The van der Waals surface area contributed by atoms with Crippen molar-refractivity contribution in [1.82, 2.24) is 0 Å². The highest BCUT2D eigenvalue weighted by atomic mass is 16.6. The van der Waals surface area contributed by atoms with Crippen molar-refractivity contribution in [2.24, 2.45) is 0 Å². The Kier molecular flexibility index (Phi) is 16.6. The molecular formula is C21H34O3. The van der Waals surface area contributed by atoms with Crippen LogP contribution in [0.25, 0.3) is 0 Å². The molecule has 0 atom stereocenters. The molecule has 136 valence electrons. The first kappa shape index (κ1) is 22.4. The van der Waals surface area contributed by atoms with Crippen LogP contribution in [0.4, 0.5) is 0 Å². The van der Waals surface area contributed by atoms with Crippen molar-refractivity contribution >= 4 is 11.9 Å². The number of esters is 2. The van der Waals surface area contributed by atoms with Crippen LogP contribution in [0.2, 0.25) is 0 Å². The van der Waals surface area contributed by atoms with E-state index in [-0.39, 0.29) is 0 Å². The minimum atomic E-state index is -0.667. The molecule has 0 saturated heterocycles. The van der Waals surface area contributed by atoms with Crippen LogP contribution in [-0.2, 0) is 14.3 Å². The molecule has 0 unspecified atom stereocenters. The Morgan fingerprint density at radius 1 is 0.833 bits per heavy atom. The van der Waals surface area contributed by atoms with Gasteiger partial charge in [-0.2, -0.15) is 0 Å². The van der Waals surface area contributed by atoms with Gasteiger partial charge in [-0.25, -0.2) is 4.79 Å². The predicted molar refractivity (Wildman–Crippen MR) is 99.4 cm³/mol. The molecule has 0 aromatic rings. The Morgan fingerprint density at radius 2 is 1.33 bits per heavy atom. The van der Waals surface area contributed by atoms with E-state index in [1.807, 2.05) is 0 Å². The highest BCUT2D eigenvalue weighted by Crippen LogP contribution is 2.08. The minimum absolute atomic E-state index is 0.303. The number of ether oxygens (including phenoxy) is 1.